The average Bonchev–Trinajstić information content (AvgIpc) is 2.56. The lowest BCUT2D eigenvalue weighted by atomic mass is 10.2. The van der Waals surface area contributed by atoms with E-state index in [1.807, 2.05) is 0 Å². The van der Waals surface area contributed by atoms with Gasteiger partial charge in [-0.1, -0.05) is 23.7 Å². The number of carbonyl (C=O) groups excluding carboxylic acids is 2. The molecule has 0 spiro atoms. The molecule has 0 saturated carbocycles. The van der Waals surface area contributed by atoms with Gasteiger partial charge in [0, 0.05) is 29.7 Å². The second-order valence-electron chi connectivity index (χ2n) is 5.13. The zero-order valence-electron chi connectivity index (χ0n) is 13.0. The number of benzene rings is 2. The van der Waals surface area contributed by atoms with E-state index in [2.05, 4.69) is 0 Å². The summed E-state index contributed by atoms with van der Waals surface area (Å²) in [5.41, 5.74) is 5.71. The van der Waals surface area contributed by atoms with Crippen LogP contribution in [0, 0.1) is 5.82 Å². The van der Waals surface area contributed by atoms with E-state index in [0.717, 1.165) is 0 Å². The van der Waals surface area contributed by atoms with Crippen LogP contribution < -0.4 is 10.5 Å². The summed E-state index contributed by atoms with van der Waals surface area (Å²) in [4.78, 5) is 24.5. The third-order valence-corrected chi connectivity index (χ3v) is 3.72. The van der Waals surface area contributed by atoms with Gasteiger partial charge in [-0.15, -0.1) is 0 Å². The molecule has 0 unspecified atom stereocenters. The molecule has 0 aromatic heterocycles. The van der Waals surface area contributed by atoms with Gasteiger partial charge in [0.1, 0.15) is 11.6 Å². The van der Waals surface area contributed by atoms with Crippen LogP contribution in [-0.4, -0.2) is 30.4 Å². The van der Waals surface area contributed by atoms with Gasteiger partial charge in [0.2, 0.25) is 5.91 Å². The van der Waals surface area contributed by atoms with E-state index in [1.165, 1.54) is 30.1 Å². The van der Waals surface area contributed by atoms with Crippen LogP contribution in [-0.2, 0) is 11.3 Å². The highest BCUT2D eigenvalue weighted by Gasteiger charge is 2.15. The lowest BCUT2D eigenvalue weighted by Gasteiger charge is -2.18. The highest BCUT2D eigenvalue weighted by Crippen LogP contribution is 2.20. The Morgan fingerprint density at radius 2 is 1.96 bits per heavy atom. The van der Waals surface area contributed by atoms with E-state index in [1.54, 1.807) is 24.3 Å². The van der Waals surface area contributed by atoms with Crippen LogP contribution in [0.3, 0.4) is 0 Å². The van der Waals surface area contributed by atoms with E-state index >= 15 is 0 Å². The number of primary amides is 1. The fourth-order valence-electron chi connectivity index (χ4n) is 2.00. The van der Waals surface area contributed by atoms with E-state index in [4.69, 9.17) is 22.1 Å². The zero-order valence-corrected chi connectivity index (χ0v) is 13.7. The molecule has 0 bridgehead atoms. The third kappa shape index (κ3) is 4.45. The van der Waals surface area contributed by atoms with E-state index < -0.39 is 11.7 Å². The van der Waals surface area contributed by atoms with Gasteiger partial charge in [-0.25, -0.2) is 4.39 Å². The first kappa shape index (κ1) is 17.7. The van der Waals surface area contributed by atoms with Crippen LogP contribution in [0.15, 0.2) is 42.5 Å². The third-order valence-electron chi connectivity index (χ3n) is 3.36. The minimum absolute atomic E-state index is 0.0228. The molecular weight excluding hydrogens is 335 g/mol. The van der Waals surface area contributed by atoms with Gasteiger partial charge < -0.3 is 15.4 Å². The smallest absolute Gasteiger partial charge is 0.260 e. The molecule has 24 heavy (non-hydrogen) atoms. The Labute approximate surface area is 143 Å². The fraction of sp³-hybridized carbons (Fsp3) is 0.176. The molecule has 0 aliphatic rings. The number of amides is 2. The molecule has 5 nitrogen and oxygen atoms in total. The summed E-state index contributed by atoms with van der Waals surface area (Å²) in [7, 11) is 1.52. The lowest BCUT2D eigenvalue weighted by molar-refractivity contribution is -0.132. The summed E-state index contributed by atoms with van der Waals surface area (Å²) in [6.07, 6.45) is 0. The Morgan fingerprint density at radius 3 is 2.62 bits per heavy atom. The molecule has 0 aliphatic carbocycles. The number of carbonyl (C=O) groups is 2. The van der Waals surface area contributed by atoms with E-state index in [0.29, 0.717) is 5.75 Å². The van der Waals surface area contributed by atoms with Crippen molar-refractivity contribution in [3.8, 4) is 5.75 Å². The van der Waals surface area contributed by atoms with Crippen LogP contribution in [0.1, 0.15) is 15.9 Å². The predicted octanol–water partition coefficient (Wildman–Crippen LogP) is 2.62. The van der Waals surface area contributed by atoms with Gasteiger partial charge in [-0.2, -0.15) is 0 Å². The summed E-state index contributed by atoms with van der Waals surface area (Å²) in [6, 6.07) is 10.5. The van der Waals surface area contributed by atoms with Gasteiger partial charge in [0.15, 0.2) is 6.61 Å². The Bertz CT molecular complexity index is 747. The molecule has 126 valence electrons. The van der Waals surface area contributed by atoms with Crippen molar-refractivity contribution in [2.75, 3.05) is 13.7 Å². The van der Waals surface area contributed by atoms with Crippen molar-refractivity contribution in [2.45, 2.75) is 6.54 Å². The molecule has 2 N–H and O–H groups in total. The van der Waals surface area contributed by atoms with Crippen LogP contribution in [0.5, 0.6) is 5.75 Å². The molecule has 2 aromatic carbocycles. The SMILES string of the molecule is CN(Cc1c(F)cccc1Cl)C(=O)COc1cccc(C(N)=O)c1. The molecular formula is C17H16ClFN2O3. The lowest BCUT2D eigenvalue weighted by Crippen LogP contribution is -2.31. The first-order valence-corrected chi connectivity index (χ1v) is 7.46. The molecule has 0 atom stereocenters. The molecule has 7 heteroatoms. The number of halogens is 2. The topological polar surface area (TPSA) is 72.6 Å². The van der Waals surface area contributed by atoms with Gasteiger partial charge in [-0.05, 0) is 30.3 Å². The van der Waals surface area contributed by atoms with Crippen molar-refractivity contribution in [3.05, 3.63) is 64.4 Å². The number of rotatable bonds is 6. The quantitative estimate of drug-likeness (QED) is 0.870. The largest absolute Gasteiger partial charge is 0.484 e. The molecule has 0 radical (unpaired) electrons. The number of likely N-dealkylation sites (N-methyl/N-ethyl adjacent to an activating group) is 1. The summed E-state index contributed by atoms with van der Waals surface area (Å²) >= 11 is 5.95. The van der Waals surface area contributed by atoms with Gasteiger partial charge in [0.25, 0.3) is 5.91 Å². The van der Waals surface area contributed by atoms with Crippen LogP contribution in [0.25, 0.3) is 0 Å². The summed E-state index contributed by atoms with van der Waals surface area (Å²) in [6.45, 7) is -0.236. The minimum atomic E-state index is -0.585. The number of nitrogens with zero attached hydrogens (tertiary/aromatic N) is 1. The van der Waals surface area contributed by atoms with Crippen LogP contribution in [0.4, 0.5) is 4.39 Å². The predicted molar refractivity (Wildman–Crippen MR) is 88.3 cm³/mol. The van der Waals surface area contributed by atoms with Gasteiger partial charge in [-0.3, -0.25) is 9.59 Å². The maximum absolute atomic E-state index is 13.7. The van der Waals surface area contributed by atoms with Crippen molar-refractivity contribution < 1.29 is 18.7 Å². The molecule has 0 aliphatic heterocycles. The van der Waals surface area contributed by atoms with Crippen molar-refractivity contribution in [3.63, 3.8) is 0 Å². The summed E-state index contributed by atoms with van der Waals surface area (Å²) in [5, 5.41) is 0.254. The van der Waals surface area contributed by atoms with Crippen molar-refractivity contribution in [1.82, 2.24) is 4.90 Å². The van der Waals surface area contributed by atoms with Crippen molar-refractivity contribution in [1.29, 1.82) is 0 Å². The summed E-state index contributed by atoms with van der Waals surface area (Å²) < 4.78 is 19.1. The molecule has 0 fully saturated rings. The van der Waals surface area contributed by atoms with Crippen molar-refractivity contribution in [2.24, 2.45) is 5.73 Å². The zero-order chi connectivity index (χ0) is 17.7. The Morgan fingerprint density at radius 1 is 1.25 bits per heavy atom. The molecule has 2 amide bonds. The number of ether oxygens (including phenoxy) is 1. The maximum Gasteiger partial charge on any atom is 0.260 e. The Kier molecular flexibility index (Phi) is 5.76. The van der Waals surface area contributed by atoms with E-state index in [9.17, 15) is 14.0 Å². The minimum Gasteiger partial charge on any atom is -0.484 e. The monoisotopic (exact) mass is 350 g/mol. The van der Waals surface area contributed by atoms with Gasteiger partial charge >= 0.3 is 0 Å². The standard InChI is InChI=1S/C17H16ClFN2O3/c1-21(9-13-14(18)6-3-7-15(13)19)16(22)10-24-12-5-2-4-11(8-12)17(20)23/h2-8H,9-10H2,1H3,(H2,20,23). The Balaban J connectivity index is 1.97. The summed E-state index contributed by atoms with van der Waals surface area (Å²) in [5.74, 6) is -1.08. The molecule has 2 aromatic rings. The van der Waals surface area contributed by atoms with Crippen LogP contribution in [0.2, 0.25) is 5.02 Å². The Hall–Kier alpha value is -2.60. The maximum atomic E-state index is 13.7. The second kappa shape index (κ2) is 7.79. The highest BCUT2D eigenvalue weighted by molar-refractivity contribution is 6.31. The number of hydrogen-bond donors (Lipinski definition) is 1. The van der Waals surface area contributed by atoms with E-state index in [-0.39, 0.29) is 35.2 Å². The first-order chi connectivity index (χ1) is 11.4. The van der Waals surface area contributed by atoms with Crippen LogP contribution >= 0.6 is 11.6 Å². The first-order valence-electron chi connectivity index (χ1n) is 7.08. The molecule has 0 saturated heterocycles. The highest BCUT2D eigenvalue weighted by atomic mass is 35.5. The van der Waals surface area contributed by atoms with Crippen molar-refractivity contribution >= 4 is 23.4 Å². The number of hydrogen-bond acceptors (Lipinski definition) is 3. The van der Waals surface area contributed by atoms with Gasteiger partial charge in [0.05, 0.1) is 0 Å². The molecule has 0 heterocycles. The molecule has 2 rings (SSSR count). The number of nitrogens with two attached hydrogens (primary N) is 1. The normalized spacial score (nSPS) is 10.3. The average molecular weight is 351 g/mol. The fourth-order valence-corrected chi connectivity index (χ4v) is 2.23. The second-order valence-corrected chi connectivity index (χ2v) is 5.54.